The molecule has 3 heterocycles. The van der Waals surface area contributed by atoms with Gasteiger partial charge in [-0.15, -0.1) is 0 Å². The lowest BCUT2D eigenvalue weighted by atomic mass is 9.99. The Morgan fingerprint density at radius 2 is 1.71 bits per heavy atom. The number of carbonyl (C=O) groups excluding carboxylic acids is 1. The Hall–Kier alpha value is -2.56. The Morgan fingerprint density at radius 1 is 1.00 bits per heavy atom. The van der Waals surface area contributed by atoms with Crippen LogP contribution in [-0.2, 0) is 0 Å². The largest absolute Gasteiger partial charge is 0.372 e. The van der Waals surface area contributed by atoms with Gasteiger partial charge in [-0.3, -0.25) is 4.79 Å². The highest BCUT2D eigenvalue weighted by atomic mass is 16.1. The first kappa shape index (κ1) is 18.8. The van der Waals surface area contributed by atoms with Crippen molar-refractivity contribution in [1.29, 1.82) is 0 Å². The van der Waals surface area contributed by atoms with Gasteiger partial charge in [0.05, 0.1) is 11.9 Å². The van der Waals surface area contributed by atoms with E-state index in [0.717, 1.165) is 37.4 Å². The van der Waals surface area contributed by atoms with Crippen molar-refractivity contribution in [3.05, 3.63) is 48.3 Å². The molecule has 0 radical (unpaired) electrons. The number of carbonyl (C=O) groups is 1. The molecular weight excluding hydrogens is 348 g/mol. The molecule has 4 rings (SSSR count). The SMILES string of the molecule is CCC1CCCCN1c1ccc(C(=O)Nc2ccc(N3CCCC3)cc2)nc1. The predicted molar refractivity (Wildman–Crippen MR) is 115 cm³/mol. The van der Waals surface area contributed by atoms with Crippen LogP contribution < -0.4 is 15.1 Å². The van der Waals surface area contributed by atoms with E-state index in [9.17, 15) is 4.79 Å². The van der Waals surface area contributed by atoms with Crippen LogP contribution in [0.25, 0.3) is 0 Å². The molecule has 28 heavy (non-hydrogen) atoms. The van der Waals surface area contributed by atoms with Crippen LogP contribution in [0.4, 0.5) is 17.1 Å². The predicted octanol–water partition coefficient (Wildman–Crippen LogP) is 4.70. The van der Waals surface area contributed by atoms with Crippen LogP contribution in [0.2, 0.25) is 0 Å². The van der Waals surface area contributed by atoms with Gasteiger partial charge in [-0.25, -0.2) is 4.98 Å². The van der Waals surface area contributed by atoms with E-state index in [1.54, 1.807) is 0 Å². The summed E-state index contributed by atoms with van der Waals surface area (Å²) in [7, 11) is 0. The number of piperidine rings is 1. The van der Waals surface area contributed by atoms with Gasteiger partial charge in [0.1, 0.15) is 5.69 Å². The minimum absolute atomic E-state index is 0.161. The molecule has 1 aromatic heterocycles. The summed E-state index contributed by atoms with van der Waals surface area (Å²) in [5.41, 5.74) is 3.61. The van der Waals surface area contributed by atoms with Crippen molar-refractivity contribution in [2.75, 3.05) is 34.8 Å². The second kappa shape index (κ2) is 8.63. The van der Waals surface area contributed by atoms with E-state index in [-0.39, 0.29) is 5.91 Å². The third-order valence-electron chi connectivity index (χ3n) is 6.01. The Balaban J connectivity index is 1.39. The normalized spacial score (nSPS) is 19.7. The molecular formula is C23H30N4O. The first-order chi connectivity index (χ1) is 13.7. The molecule has 0 spiro atoms. The quantitative estimate of drug-likeness (QED) is 0.819. The number of hydrogen-bond donors (Lipinski definition) is 1. The molecule has 2 aromatic rings. The van der Waals surface area contributed by atoms with Crippen LogP contribution >= 0.6 is 0 Å². The highest BCUT2D eigenvalue weighted by Gasteiger charge is 2.21. The molecule has 2 aliphatic rings. The molecule has 0 aliphatic carbocycles. The molecule has 2 saturated heterocycles. The fourth-order valence-electron chi connectivity index (χ4n) is 4.38. The van der Waals surface area contributed by atoms with Crippen LogP contribution in [0.15, 0.2) is 42.6 Å². The van der Waals surface area contributed by atoms with Crippen molar-refractivity contribution in [2.24, 2.45) is 0 Å². The van der Waals surface area contributed by atoms with Gasteiger partial charge in [0, 0.05) is 37.1 Å². The van der Waals surface area contributed by atoms with Gasteiger partial charge in [0.15, 0.2) is 0 Å². The summed E-state index contributed by atoms with van der Waals surface area (Å²) in [5, 5.41) is 2.96. The topological polar surface area (TPSA) is 48.5 Å². The molecule has 1 N–H and O–H groups in total. The van der Waals surface area contributed by atoms with E-state index in [2.05, 4.69) is 39.2 Å². The van der Waals surface area contributed by atoms with Crippen LogP contribution in [0.3, 0.4) is 0 Å². The second-order valence-corrected chi connectivity index (χ2v) is 7.85. The Labute approximate surface area is 167 Å². The number of pyridine rings is 1. The van der Waals surface area contributed by atoms with Gasteiger partial charge in [0.25, 0.3) is 5.91 Å². The molecule has 5 heteroatoms. The standard InChI is InChI=1S/C23H30N4O/c1-2-19-7-3-4-16-27(19)21-12-13-22(24-17-21)23(28)25-18-8-10-20(11-9-18)26-14-5-6-15-26/h8-13,17,19H,2-7,14-16H2,1H3,(H,25,28). The zero-order valence-corrected chi connectivity index (χ0v) is 16.7. The van der Waals surface area contributed by atoms with E-state index in [4.69, 9.17) is 0 Å². The molecule has 1 aromatic carbocycles. The number of amides is 1. The van der Waals surface area contributed by atoms with E-state index in [0.29, 0.717) is 11.7 Å². The molecule has 1 unspecified atom stereocenters. The van der Waals surface area contributed by atoms with Crippen LogP contribution in [0.1, 0.15) is 55.9 Å². The second-order valence-electron chi connectivity index (χ2n) is 7.85. The molecule has 0 saturated carbocycles. The zero-order chi connectivity index (χ0) is 19.3. The molecule has 1 amide bonds. The van der Waals surface area contributed by atoms with Crippen molar-refractivity contribution in [1.82, 2.24) is 4.98 Å². The van der Waals surface area contributed by atoms with Gasteiger partial charge in [-0.2, -0.15) is 0 Å². The fraction of sp³-hybridized carbons (Fsp3) is 0.478. The van der Waals surface area contributed by atoms with Gasteiger partial charge in [0.2, 0.25) is 0 Å². The average Bonchev–Trinajstić information content (AvgIpc) is 3.29. The number of nitrogens with one attached hydrogen (secondary N) is 1. The fourth-order valence-corrected chi connectivity index (χ4v) is 4.38. The number of benzene rings is 1. The number of aromatic nitrogens is 1. The zero-order valence-electron chi connectivity index (χ0n) is 16.7. The smallest absolute Gasteiger partial charge is 0.274 e. The monoisotopic (exact) mass is 378 g/mol. The maximum atomic E-state index is 12.6. The van der Waals surface area contributed by atoms with Gasteiger partial charge >= 0.3 is 0 Å². The Kier molecular flexibility index (Phi) is 5.79. The van der Waals surface area contributed by atoms with Crippen molar-refractivity contribution >= 4 is 23.0 Å². The molecule has 0 bridgehead atoms. The molecule has 2 aliphatic heterocycles. The number of hydrogen-bond acceptors (Lipinski definition) is 4. The highest BCUT2D eigenvalue weighted by molar-refractivity contribution is 6.03. The first-order valence-electron chi connectivity index (χ1n) is 10.6. The van der Waals surface area contributed by atoms with E-state index < -0.39 is 0 Å². The summed E-state index contributed by atoms with van der Waals surface area (Å²) < 4.78 is 0. The number of anilines is 3. The molecule has 148 valence electrons. The third kappa shape index (κ3) is 4.13. The Morgan fingerprint density at radius 3 is 2.39 bits per heavy atom. The Bertz CT molecular complexity index is 781. The van der Waals surface area contributed by atoms with E-state index in [1.165, 1.54) is 37.8 Å². The van der Waals surface area contributed by atoms with E-state index in [1.807, 2.05) is 30.5 Å². The van der Waals surface area contributed by atoms with Gasteiger partial charge in [-0.05, 0) is 74.9 Å². The maximum absolute atomic E-state index is 12.6. The van der Waals surface area contributed by atoms with Crippen molar-refractivity contribution in [2.45, 2.75) is 51.5 Å². The summed E-state index contributed by atoms with van der Waals surface area (Å²) in [6.45, 7) is 5.57. The van der Waals surface area contributed by atoms with Crippen LogP contribution in [-0.4, -0.2) is 36.6 Å². The lowest BCUT2D eigenvalue weighted by Gasteiger charge is -2.37. The minimum atomic E-state index is -0.161. The number of rotatable bonds is 5. The summed E-state index contributed by atoms with van der Waals surface area (Å²) in [5.74, 6) is -0.161. The number of nitrogens with zero attached hydrogens (tertiary/aromatic N) is 3. The third-order valence-corrected chi connectivity index (χ3v) is 6.01. The van der Waals surface area contributed by atoms with E-state index >= 15 is 0 Å². The van der Waals surface area contributed by atoms with Crippen LogP contribution in [0, 0.1) is 0 Å². The summed E-state index contributed by atoms with van der Waals surface area (Å²) in [6, 6.07) is 12.6. The molecule has 1 atom stereocenters. The maximum Gasteiger partial charge on any atom is 0.274 e. The lowest BCUT2D eigenvalue weighted by Crippen LogP contribution is -2.39. The van der Waals surface area contributed by atoms with Crippen molar-refractivity contribution < 1.29 is 4.79 Å². The van der Waals surface area contributed by atoms with Crippen molar-refractivity contribution in [3.63, 3.8) is 0 Å². The highest BCUT2D eigenvalue weighted by Crippen LogP contribution is 2.26. The minimum Gasteiger partial charge on any atom is -0.372 e. The van der Waals surface area contributed by atoms with Gasteiger partial charge in [-0.1, -0.05) is 6.92 Å². The summed E-state index contributed by atoms with van der Waals surface area (Å²) in [4.78, 5) is 21.8. The van der Waals surface area contributed by atoms with Crippen LogP contribution in [0.5, 0.6) is 0 Å². The van der Waals surface area contributed by atoms with Crippen molar-refractivity contribution in [3.8, 4) is 0 Å². The summed E-state index contributed by atoms with van der Waals surface area (Å²) >= 11 is 0. The molecule has 5 nitrogen and oxygen atoms in total. The molecule has 2 fully saturated rings. The lowest BCUT2D eigenvalue weighted by molar-refractivity contribution is 0.102. The van der Waals surface area contributed by atoms with Gasteiger partial charge < -0.3 is 15.1 Å². The summed E-state index contributed by atoms with van der Waals surface area (Å²) in [6.07, 6.45) is 9.29. The first-order valence-corrected chi connectivity index (χ1v) is 10.6. The average molecular weight is 379 g/mol.